The third kappa shape index (κ3) is 3.50. The Bertz CT molecular complexity index is 924. The molecule has 1 aromatic heterocycles. The lowest BCUT2D eigenvalue weighted by Crippen LogP contribution is -2.39. The van der Waals surface area contributed by atoms with Gasteiger partial charge < -0.3 is 5.32 Å². The number of carbonyl (C=O) groups excluding carboxylic acids is 1. The first-order valence-corrected chi connectivity index (χ1v) is 10.3. The second kappa shape index (κ2) is 6.81. The maximum atomic E-state index is 12.9. The van der Waals surface area contributed by atoms with Gasteiger partial charge in [-0.1, -0.05) is 6.07 Å². The second-order valence-corrected chi connectivity index (χ2v) is 8.75. The summed E-state index contributed by atoms with van der Waals surface area (Å²) in [4.78, 5) is 16.5. The Balaban J connectivity index is 1.49. The van der Waals surface area contributed by atoms with Gasteiger partial charge in [-0.3, -0.25) is 9.78 Å². The molecule has 0 radical (unpaired) electrons. The highest BCUT2D eigenvalue weighted by Crippen LogP contribution is 2.32. The first-order chi connectivity index (χ1) is 12.5. The summed E-state index contributed by atoms with van der Waals surface area (Å²) in [5, 5.41) is 2.85. The summed E-state index contributed by atoms with van der Waals surface area (Å²) in [7, 11) is -3.72. The largest absolute Gasteiger partial charge is 0.325 e. The van der Waals surface area contributed by atoms with Crippen LogP contribution in [0.25, 0.3) is 0 Å². The molecule has 2 aliphatic rings. The van der Waals surface area contributed by atoms with Crippen LogP contribution >= 0.6 is 0 Å². The Morgan fingerprint density at radius 3 is 2.73 bits per heavy atom. The number of aryl methyl sites for hydroxylation is 2. The number of benzene rings is 1. The van der Waals surface area contributed by atoms with Crippen molar-refractivity contribution in [1.29, 1.82) is 0 Å². The van der Waals surface area contributed by atoms with E-state index in [1.807, 2.05) is 18.2 Å². The van der Waals surface area contributed by atoms with E-state index in [9.17, 15) is 13.2 Å². The van der Waals surface area contributed by atoms with Gasteiger partial charge in [-0.2, -0.15) is 4.31 Å². The number of fused-ring (bicyclic) bond motifs is 1. The SMILES string of the molecule is O=C(CN(C1CC1)S(=O)(=O)c1cccnc1)Nc1ccc2c(c1)CCC2. The third-order valence-electron chi connectivity index (χ3n) is 4.88. The predicted molar refractivity (Wildman–Crippen MR) is 98.2 cm³/mol. The average molecular weight is 371 g/mol. The van der Waals surface area contributed by atoms with Crippen molar-refractivity contribution < 1.29 is 13.2 Å². The molecule has 0 aliphatic heterocycles. The molecule has 1 heterocycles. The number of carbonyl (C=O) groups is 1. The fraction of sp³-hybridized carbons (Fsp3) is 0.368. The summed E-state index contributed by atoms with van der Waals surface area (Å²) in [6, 6.07) is 8.92. The summed E-state index contributed by atoms with van der Waals surface area (Å²) in [6.45, 7) is -0.182. The molecule has 6 nitrogen and oxygen atoms in total. The van der Waals surface area contributed by atoms with Crippen LogP contribution in [0.2, 0.25) is 0 Å². The minimum Gasteiger partial charge on any atom is -0.325 e. The Morgan fingerprint density at radius 1 is 1.19 bits per heavy atom. The first-order valence-electron chi connectivity index (χ1n) is 8.87. The van der Waals surface area contributed by atoms with E-state index in [4.69, 9.17) is 0 Å². The van der Waals surface area contributed by atoms with E-state index in [-0.39, 0.29) is 23.4 Å². The second-order valence-electron chi connectivity index (χ2n) is 6.86. The van der Waals surface area contributed by atoms with Gasteiger partial charge in [-0.15, -0.1) is 0 Å². The minimum atomic E-state index is -3.72. The maximum absolute atomic E-state index is 12.9. The van der Waals surface area contributed by atoms with Gasteiger partial charge in [0.25, 0.3) is 0 Å². The molecule has 0 saturated heterocycles. The Labute approximate surface area is 153 Å². The number of rotatable bonds is 6. The summed E-state index contributed by atoms with van der Waals surface area (Å²) in [5.41, 5.74) is 3.33. The van der Waals surface area contributed by atoms with E-state index in [0.717, 1.165) is 37.8 Å². The van der Waals surface area contributed by atoms with Crippen LogP contribution in [0, 0.1) is 0 Å². The molecule has 1 saturated carbocycles. The minimum absolute atomic E-state index is 0.106. The lowest BCUT2D eigenvalue weighted by Gasteiger charge is -2.21. The van der Waals surface area contributed by atoms with Crippen LogP contribution in [-0.2, 0) is 27.7 Å². The van der Waals surface area contributed by atoms with Crippen molar-refractivity contribution in [3.05, 3.63) is 53.9 Å². The van der Waals surface area contributed by atoms with Crippen LogP contribution in [0.4, 0.5) is 5.69 Å². The van der Waals surface area contributed by atoms with Crippen molar-refractivity contribution >= 4 is 21.6 Å². The molecule has 1 N–H and O–H groups in total. The molecule has 0 unspecified atom stereocenters. The van der Waals surface area contributed by atoms with E-state index in [1.165, 1.54) is 33.9 Å². The number of anilines is 1. The molecule has 4 rings (SSSR count). The van der Waals surface area contributed by atoms with Crippen LogP contribution in [0.5, 0.6) is 0 Å². The molecule has 0 spiro atoms. The van der Waals surface area contributed by atoms with Crippen LogP contribution in [0.1, 0.15) is 30.4 Å². The van der Waals surface area contributed by atoms with E-state index < -0.39 is 10.0 Å². The number of pyridine rings is 1. The number of hydrogen-bond donors (Lipinski definition) is 1. The van der Waals surface area contributed by atoms with Crippen LogP contribution < -0.4 is 5.32 Å². The number of nitrogens with one attached hydrogen (secondary N) is 1. The van der Waals surface area contributed by atoms with Crippen LogP contribution in [-0.4, -0.2) is 36.2 Å². The third-order valence-corrected chi connectivity index (χ3v) is 6.76. The van der Waals surface area contributed by atoms with Crippen molar-refractivity contribution in [2.45, 2.75) is 43.0 Å². The zero-order valence-electron chi connectivity index (χ0n) is 14.4. The molecule has 136 valence electrons. The zero-order chi connectivity index (χ0) is 18.1. The summed E-state index contributed by atoms with van der Waals surface area (Å²) in [5.74, 6) is -0.317. The highest BCUT2D eigenvalue weighted by Gasteiger charge is 2.39. The molecule has 2 aliphatic carbocycles. The fourth-order valence-corrected chi connectivity index (χ4v) is 5.01. The normalized spacial score (nSPS) is 16.5. The van der Waals surface area contributed by atoms with Gasteiger partial charge in [0.2, 0.25) is 15.9 Å². The first kappa shape index (κ1) is 17.2. The Hall–Kier alpha value is -2.25. The number of sulfonamides is 1. The van der Waals surface area contributed by atoms with Gasteiger partial charge in [0, 0.05) is 24.1 Å². The summed E-state index contributed by atoms with van der Waals surface area (Å²) < 4.78 is 27.0. The number of nitrogens with zero attached hydrogens (tertiary/aromatic N) is 2. The molecular weight excluding hydrogens is 350 g/mol. The van der Waals surface area contributed by atoms with Gasteiger partial charge in [0.05, 0.1) is 6.54 Å². The standard InChI is InChI=1S/C19H21N3O3S/c23-19(21-16-7-6-14-3-1-4-15(14)11-16)13-22(17-8-9-17)26(24,25)18-5-2-10-20-12-18/h2,5-7,10-12,17H,1,3-4,8-9,13H2,(H,21,23). The van der Waals surface area contributed by atoms with Crippen LogP contribution in [0.3, 0.4) is 0 Å². The average Bonchev–Trinajstić information content (AvgIpc) is 3.37. The summed E-state index contributed by atoms with van der Waals surface area (Å²) in [6.07, 6.45) is 7.68. The van der Waals surface area contributed by atoms with Crippen molar-refractivity contribution in [3.8, 4) is 0 Å². The molecule has 1 aromatic carbocycles. The number of amides is 1. The molecule has 7 heteroatoms. The van der Waals surface area contributed by atoms with Gasteiger partial charge >= 0.3 is 0 Å². The maximum Gasteiger partial charge on any atom is 0.245 e. The van der Waals surface area contributed by atoms with E-state index in [0.29, 0.717) is 0 Å². The quantitative estimate of drug-likeness (QED) is 0.845. The smallest absolute Gasteiger partial charge is 0.245 e. The lowest BCUT2D eigenvalue weighted by atomic mass is 10.1. The van der Waals surface area contributed by atoms with Gasteiger partial charge in [-0.25, -0.2) is 8.42 Å². The Kier molecular flexibility index (Phi) is 4.50. The van der Waals surface area contributed by atoms with Crippen molar-refractivity contribution in [2.75, 3.05) is 11.9 Å². The van der Waals surface area contributed by atoms with Crippen LogP contribution in [0.15, 0.2) is 47.6 Å². The van der Waals surface area contributed by atoms with Crippen molar-refractivity contribution in [2.24, 2.45) is 0 Å². The highest BCUT2D eigenvalue weighted by atomic mass is 32.2. The van der Waals surface area contributed by atoms with Crippen molar-refractivity contribution in [1.82, 2.24) is 9.29 Å². The van der Waals surface area contributed by atoms with Gasteiger partial charge in [-0.05, 0) is 67.5 Å². The number of hydrogen-bond acceptors (Lipinski definition) is 4. The molecule has 1 amide bonds. The van der Waals surface area contributed by atoms with Gasteiger partial charge in [0.1, 0.15) is 4.90 Å². The molecule has 0 atom stereocenters. The molecule has 0 bridgehead atoms. The number of aromatic nitrogens is 1. The van der Waals surface area contributed by atoms with Crippen molar-refractivity contribution in [3.63, 3.8) is 0 Å². The topological polar surface area (TPSA) is 79.4 Å². The molecule has 2 aromatic rings. The predicted octanol–water partition coefficient (Wildman–Crippen LogP) is 2.36. The summed E-state index contributed by atoms with van der Waals surface area (Å²) >= 11 is 0. The molecule has 1 fully saturated rings. The molecular formula is C19H21N3O3S. The zero-order valence-corrected chi connectivity index (χ0v) is 15.2. The Morgan fingerprint density at radius 2 is 2.00 bits per heavy atom. The highest BCUT2D eigenvalue weighted by molar-refractivity contribution is 7.89. The van der Waals surface area contributed by atoms with E-state index in [2.05, 4.69) is 10.3 Å². The fourth-order valence-electron chi connectivity index (χ4n) is 3.40. The monoisotopic (exact) mass is 371 g/mol. The van der Waals surface area contributed by atoms with Gasteiger partial charge in [0.15, 0.2) is 0 Å². The molecule has 26 heavy (non-hydrogen) atoms. The lowest BCUT2D eigenvalue weighted by molar-refractivity contribution is -0.116. The van der Waals surface area contributed by atoms with E-state index in [1.54, 1.807) is 6.07 Å². The van der Waals surface area contributed by atoms with E-state index >= 15 is 0 Å².